The van der Waals surface area contributed by atoms with Crippen LogP contribution in [0.25, 0.3) is 11.0 Å². The van der Waals surface area contributed by atoms with Crippen LogP contribution in [-0.4, -0.2) is 35.8 Å². The van der Waals surface area contributed by atoms with Gasteiger partial charge in [0.15, 0.2) is 15.7 Å². The Morgan fingerprint density at radius 2 is 1.88 bits per heavy atom. The summed E-state index contributed by atoms with van der Waals surface area (Å²) in [6.07, 6.45) is 1.36. The number of hydrogen-bond acceptors (Lipinski definition) is 6. The molecule has 0 saturated carbocycles. The molecule has 2 aromatic heterocycles. The average Bonchev–Trinajstić information content (AvgIpc) is 3.11. The molecule has 0 bridgehead atoms. The summed E-state index contributed by atoms with van der Waals surface area (Å²) in [6.45, 7) is 6.34. The number of unbranched alkanes of at least 4 members (excludes halogenated alkanes) is 2. The molecule has 3 aromatic rings. The summed E-state index contributed by atoms with van der Waals surface area (Å²) >= 11 is 0. The number of methoxy groups -OCH3 is 1. The van der Waals surface area contributed by atoms with Crippen molar-refractivity contribution in [1.82, 2.24) is 14.5 Å². The SMILES string of the molecule is COC(C)c1nc2c(N)nc(C)c(C)c2n1CCCCCS(=O)(=O)c1ccc(F)cc1F. The highest BCUT2D eigenvalue weighted by atomic mass is 32.2. The lowest BCUT2D eigenvalue weighted by Gasteiger charge is -2.15. The minimum Gasteiger partial charge on any atom is -0.382 e. The van der Waals surface area contributed by atoms with Crippen molar-refractivity contribution in [3.8, 4) is 0 Å². The number of imidazole rings is 1. The molecule has 10 heteroatoms. The molecule has 0 aliphatic carbocycles. The quantitative estimate of drug-likeness (QED) is 0.374. The van der Waals surface area contributed by atoms with E-state index < -0.39 is 26.4 Å². The Hall–Kier alpha value is -2.59. The lowest BCUT2D eigenvalue weighted by Crippen LogP contribution is -2.11. The third-order valence-electron chi connectivity index (χ3n) is 5.67. The van der Waals surface area contributed by atoms with Crippen LogP contribution in [0.3, 0.4) is 0 Å². The number of aromatic nitrogens is 3. The molecule has 1 aromatic carbocycles. The van der Waals surface area contributed by atoms with Crippen LogP contribution in [0, 0.1) is 25.5 Å². The molecule has 2 heterocycles. The van der Waals surface area contributed by atoms with Crippen LogP contribution in [0.2, 0.25) is 0 Å². The molecular formula is C22H28F2N4O3S. The highest BCUT2D eigenvalue weighted by Gasteiger charge is 2.22. The van der Waals surface area contributed by atoms with E-state index in [-0.39, 0.29) is 11.9 Å². The van der Waals surface area contributed by atoms with Gasteiger partial charge in [0.05, 0.1) is 11.3 Å². The van der Waals surface area contributed by atoms with E-state index in [2.05, 4.69) is 14.5 Å². The minimum atomic E-state index is -3.83. The van der Waals surface area contributed by atoms with Crippen molar-refractivity contribution >= 4 is 26.7 Å². The van der Waals surface area contributed by atoms with E-state index in [0.717, 1.165) is 34.7 Å². The number of fused-ring (bicyclic) bond motifs is 1. The van der Waals surface area contributed by atoms with E-state index in [1.165, 1.54) is 0 Å². The van der Waals surface area contributed by atoms with Crippen molar-refractivity contribution in [2.24, 2.45) is 0 Å². The fourth-order valence-corrected chi connectivity index (χ4v) is 5.17. The number of rotatable bonds is 9. The van der Waals surface area contributed by atoms with Gasteiger partial charge in [0.25, 0.3) is 0 Å². The predicted molar refractivity (Wildman–Crippen MR) is 119 cm³/mol. The summed E-state index contributed by atoms with van der Waals surface area (Å²) in [7, 11) is -2.22. The predicted octanol–water partition coefficient (Wildman–Crippen LogP) is 4.26. The molecule has 0 amide bonds. The number of pyridine rings is 1. The number of halogens is 2. The van der Waals surface area contributed by atoms with E-state index in [0.29, 0.717) is 43.2 Å². The number of ether oxygens (including phenoxy) is 1. The Morgan fingerprint density at radius 3 is 2.53 bits per heavy atom. The van der Waals surface area contributed by atoms with Gasteiger partial charge in [0.1, 0.15) is 34.0 Å². The third kappa shape index (κ3) is 4.75. The first-order valence-corrected chi connectivity index (χ1v) is 12.1. The second-order valence-corrected chi connectivity index (χ2v) is 9.94. The Labute approximate surface area is 186 Å². The number of benzene rings is 1. The first-order chi connectivity index (χ1) is 15.1. The molecule has 3 rings (SSSR count). The fourth-order valence-electron chi connectivity index (χ4n) is 3.74. The molecule has 0 aliphatic heterocycles. The summed E-state index contributed by atoms with van der Waals surface area (Å²) in [4.78, 5) is 8.55. The highest BCUT2D eigenvalue weighted by Crippen LogP contribution is 2.29. The molecule has 0 spiro atoms. The van der Waals surface area contributed by atoms with Gasteiger partial charge in [-0.1, -0.05) is 6.42 Å². The first-order valence-electron chi connectivity index (χ1n) is 10.4. The van der Waals surface area contributed by atoms with Crippen LogP contribution in [0.4, 0.5) is 14.6 Å². The van der Waals surface area contributed by atoms with E-state index >= 15 is 0 Å². The normalized spacial score (nSPS) is 13.1. The topological polar surface area (TPSA) is 100 Å². The molecule has 0 fully saturated rings. The molecular weight excluding hydrogens is 438 g/mol. The molecule has 1 atom stereocenters. The third-order valence-corrected chi connectivity index (χ3v) is 7.49. The number of nitrogen functional groups attached to an aromatic ring is 1. The van der Waals surface area contributed by atoms with Crippen molar-refractivity contribution < 1.29 is 21.9 Å². The van der Waals surface area contributed by atoms with Gasteiger partial charge in [-0.25, -0.2) is 27.2 Å². The average molecular weight is 467 g/mol. The van der Waals surface area contributed by atoms with Gasteiger partial charge >= 0.3 is 0 Å². The van der Waals surface area contributed by atoms with Gasteiger partial charge in [-0.2, -0.15) is 0 Å². The molecule has 174 valence electrons. The number of sulfone groups is 1. The lowest BCUT2D eigenvalue weighted by atomic mass is 10.2. The highest BCUT2D eigenvalue weighted by molar-refractivity contribution is 7.91. The number of aryl methyl sites for hydroxylation is 3. The summed E-state index contributed by atoms with van der Waals surface area (Å²) in [5.74, 6) is -0.998. The van der Waals surface area contributed by atoms with Crippen molar-refractivity contribution in [2.75, 3.05) is 18.6 Å². The molecule has 0 saturated heterocycles. The van der Waals surface area contributed by atoms with E-state index in [1.54, 1.807) is 7.11 Å². The van der Waals surface area contributed by atoms with Crippen LogP contribution in [0.1, 0.15) is 49.4 Å². The molecule has 0 radical (unpaired) electrons. The summed E-state index contributed by atoms with van der Waals surface area (Å²) < 4.78 is 59.3. The van der Waals surface area contributed by atoms with Gasteiger partial charge < -0.3 is 15.0 Å². The maximum Gasteiger partial charge on any atom is 0.181 e. The lowest BCUT2D eigenvalue weighted by molar-refractivity contribution is 0.109. The maximum atomic E-state index is 13.9. The van der Waals surface area contributed by atoms with E-state index in [1.807, 2.05) is 20.8 Å². The Morgan fingerprint density at radius 1 is 1.16 bits per heavy atom. The van der Waals surface area contributed by atoms with Crippen LogP contribution < -0.4 is 5.73 Å². The summed E-state index contributed by atoms with van der Waals surface area (Å²) in [5, 5.41) is 0. The Balaban J connectivity index is 1.74. The molecule has 0 aliphatic rings. The van der Waals surface area contributed by atoms with Crippen molar-refractivity contribution in [2.45, 2.75) is 57.6 Å². The van der Waals surface area contributed by atoms with E-state index in [4.69, 9.17) is 10.5 Å². The molecule has 32 heavy (non-hydrogen) atoms. The van der Waals surface area contributed by atoms with Crippen LogP contribution >= 0.6 is 0 Å². The van der Waals surface area contributed by atoms with Gasteiger partial charge in [-0.3, -0.25) is 0 Å². The zero-order valence-corrected chi connectivity index (χ0v) is 19.5. The second-order valence-electron chi connectivity index (χ2n) is 7.86. The van der Waals surface area contributed by atoms with Gasteiger partial charge in [0.2, 0.25) is 0 Å². The number of nitrogens with two attached hydrogens (primary N) is 1. The van der Waals surface area contributed by atoms with Crippen LogP contribution in [-0.2, 0) is 21.1 Å². The maximum absolute atomic E-state index is 13.9. The number of hydrogen-bond donors (Lipinski definition) is 1. The standard InChI is InChI=1S/C22H28F2N4O3S/c1-13-14(2)26-21(25)19-20(13)28(22(27-19)15(3)31-4)10-6-5-7-11-32(29,30)18-9-8-16(23)12-17(18)24/h8-9,12,15H,5-7,10-11H2,1-4H3,(H2,25,26). The Kier molecular flexibility index (Phi) is 7.14. The zero-order valence-electron chi connectivity index (χ0n) is 18.7. The van der Waals surface area contributed by atoms with Gasteiger partial charge in [-0.05, 0) is 51.3 Å². The van der Waals surface area contributed by atoms with Crippen LogP contribution in [0.15, 0.2) is 23.1 Å². The second kappa shape index (κ2) is 9.50. The molecule has 1 unspecified atom stereocenters. The number of anilines is 1. The monoisotopic (exact) mass is 466 g/mol. The summed E-state index contributed by atoms with van der Waals surface area (Å²) in [6, 6.07) is 2.50. The Bertz CT molecular complexity index is 1240. The van der Waals surface area contributed by atoms with Crippen molar-refractivity contribution in [3.05, 3.63) is 46.9 Å². The van der Waals surface area contributed by atoms with Crippen LogP contribution in [0.5, 0.6) is 0 Å². The van der Waals surface area contributed by atoms with Gasteiger partial charge in [0, 0.05) is 25.4 Å². The zero-order chi connectivity index (χ0) is 23.6. The van der Waals surface area contributed by atoms with Crippen molar-refractivity contribution in [1.29, 1.82) is 0 Å². The number of nitrogens with zero attached hydrogens (tertiary/aromatic N) is 3. The summed E-state index contributed by atoms with van der Waals surface area (Å²) in [5.41, 5.74) is 9.42. The first kappa shape index (κ1) is 24.1. The molecule has 7 nitrogen and oxygen atoms in total. The molecule has 2 N–H and O–H groups in total. The fraction of sp³-hybridized carbons (Fsp3) is 0.455. The largest absolute Gasteiger partial charge is 0.382 e. The minimum absolute atomic E-state index is 0.212. The smallest absolute Gasteiger partial charge is 0.181 e. The van der Waals surface area contributed by atoms with E-state index in [9.17, 15) is 17.2 Å². The van der Waals surface area contributed by atoms with Crippen molar-refractivity contribution in [3.63, 3.8) is 0 Å². The van der Waals surface area contributed by atoms with Gasteiger partial charge in [-0.15, -0.1) is 0 Å².